The average Bonchev–Trinajstić information content (AvgIpc) is 2.37. The second-order valence-corrected chi connectivity index (χ2v) is 4.73. The van der Waals surface area contributed by atoms with Gasteiger partial charge in [0, 0.05) is 17.3 Å². The van der Waals surface area contributed by atoms with Crippen molar-refractivity contribution in [3.8, 4) is 0 Å². The van der Waals surface area contributed by atoms with Gasteiger partial charge in [-0.05, 0) is 38.2 Å². The van der Waals surface area contributed by atoms with E-state index in [1.807, 2.05) is 0 Å². The van der Waals surface area contributed by atoms with E-state index in [-0.39, 0.29) is 12.3 Å². The van der Waals surface area contributed by atoms with Crippen LogP contribution in [0.1, 0.15) is 13.3 Å². The van der Waals surface area contributed by atoms with Gasteiger partial charge in [-0.1, -0.05) is 11.6 Å². The van der Waals surface area contributed by atoms with Crippen LogP contribution in [0.3, 0.4) is 0 Å². The number of nitrogens with zero attached hydrogens (tertiary/aromatic N) is 1. The normalized spacial score (nSPS) is 12.2. The van der Waals surface area contributed by atoms with E-state index in [1.54, 1.807) is 43.1 Å². The van der Waals surface area contributed by atoms with E-state index in [9.17, 15) is 9.59 Å². The van der Waals surface area contributed by atoms with Crippen LogP contribution < -0.4 is 5.32 Å². The minimum Gasteiger partial charge on any atom is -0.481 e. The van der Waals surface area contributed by atoms with Crippen LogP contribution in [-0.4, -0.2) is 41.5 Å². The molecule has 19 heavy (non-hydrogen) atoms. The fraction of sp³-hybridized carbons (Fsp3) is 0.385. The molecule has 0 aliphatic carbocycles. The summed E-state index contributed by atoms with van der Waals surface area (Å²) in [5, 5.41) is 12.0. The number of carboxylic acids is 1. The summed E-state index contributed by atoms with van der Waals surface area (Å²) in [7, 11) is 1.72. The summed E-state index contributed by atoms with van der Waals surface area (Å²) >= 11 is 5.76. The fourth-order valence-electron chi connectivity index (χ4n) is 1.45. The smallest absolute Gasteiger partial charge is 0.304 e. The third-order valence-electron chi connectivity index (χ3n) is 2.83. The number of aliphatic carboxylic acids is 1. The van der Waals surface area contributed by atoms with Crippen molar-refractivity contribution in [1.82, 2.24) is 4.90 Å². The average molecular weight is 285 g/mol. The Hall–Kier alpha value is -1.59. The number of hydrogen-bond acceptors (Lipinski definition) is 3. The molecule has 0 aliphatic rings. The second-order valence-electron chi connectivity index (χ2n) is 4.30. The lowest BCUT2D eigenvalue weighted by Crippen LogP contribution is -2.40. The molecule has 1 aromatic carbocycles. The van der Waals surface area contributed by atoms with Crippen LogP contribution in [0.15, 0.2) is 24.3 Å². The van der Waals surface area contributed by atoms with Crippen molar-refractivity contribution in [2.24, 2.45) is 0 Å². The van der Waals surface area contributed by atoms with Crippen LogP contribution in [0.5, 0.6) is 0 Å². The number of carbonyl (C=O) groups is 2. The summed E-state index contributed by atoms with van der Waals surface area (Å²) in [5.41, 5.74) is 0.660. The van der Waals surface area contributed by atoms with Crippen molar-refractivity contribution in [2.75, 3.05) is 18.9 Å². The van der Waals surface area contributed by atoms with E-state index >= 15 is 0 Å². The number of amides is 1. The van der Waals surface area contributed by atoms with Gasteiger partial charge in [-0.25, -0.2) is 0 Å². The molecule has 0 heterocycles. The van der Waals surface area contributed by atoms with Gasteiger partial charge in [0.25, 0.3) is 0 Å². The third-order valence-corrected chi connectivity index (χ3v) is 3.08. The van der Waals surface area contributed by atoms with Crippen LogP contribution >= 0.6 is 11.6 Å². The van der Waals surface area contributed by atoms with Gasteiger partial charge < -0.3 is 10.4 Å². The Balaban J connectivity index is 2.52. The van der Waals surface area contributed by atoms with Gasteiger partial charge in [-0.3, -0.25) is 14.5 Å². The third kappa shape index (κ3) is 5.28. The molecule has 0 saturated carbocycles. The number of carboxylic acid groups (broad SMARTS) is 1. The number of anilines is 1. The minimum atomic E-state index is -0.878. The van der Waals surface area contributed by atoms with Gasteiger partial charge in [-0.15, -0.1) is 0 Å². The Labute approximate surface area is 117 Å². The molecule has 1 aromatic rings. The highest BCUT2D eigenvalue weighted by Gasteiger charge is 2.18. The Morgan fingerprint density at radius 1 is 1.37 bits per heavy atom. The van der Waals surface area contributed by atoms with Crippen molar-refractivity contribution in [3.05, 3.63) is 29.3 Å². The molecular formula is C13H17ClN2O3. The van der Waals surface area contributed by atoms with Crippen molar-refractivity contribution in [2.45, 2.75) is 19.4 Å². The summed E-state index contributed by atoms with van der Waals surface area (Å²) in [4.78, 5) is 24.1. The molecule has 0 aliphatic heterocycles. The maximum Gasteiger partial charge on any atom is 0.304 e. The lowest BCUT2D eigenvalue weighted by Gasteiger charge is -2.23. The first-order chi connectivity index (χ1) is 8.90. The van der Waals surface area contributed by atoms with E-state index < -0.39 is 12.0 Å². The molecule has 0 spiro atoms. The van der Waals surface area contributed by atoms with Crippen LogP contribution in [0.2, 0.25) is 5.02 Å². The Bertz CT molecular complexity index is 448. The summed E-state index contributed by atoms with van der Waals surface area (Å²) in [6.45, 7) is 2.05. The van der Waals surface area contributed by atoms with E-state index in [0.717, 1.165) is 0 Å². The quantitative estimate of drug-likeness (QED) is 0.839. The van der Waals surface area contributed by atoms with Gasteiger partial charge >= 0.3 is 5.97 Å². The summed E-state index contributed by atoms with van der Waals surface area (Å²) in [5.74, 6) is -1.06. The highest BCUT2D eigenvalue weighted by atomic mass is 35.5. The molecular weight excluding hydrogens is 268 g/mol. The second kappa shape index (κ2) is 7.11. The maximum atomic E-state index is 12.0. The van der Waals surface area contributed by atoms with Gasteiger partial charge in [0.2, 0.25) is 5.91 Å². The first-order valence-corrected chi connectivity index (χ1v) is 6.26. The lowest BCUT2D eigenvalue weighted by molar-refractivity contribution is -0.137. The molecule has 0 fully saturated rings. The van der Waals surface area contributed by atoms with Gasteiger partial charge in [0.1, 0.15) is 0 Å². The molecule has 5 nitrogen and oxygen atoms in total. The zero-order valence-corrected chi connectivity index (χ0v) is 11.6. The number of benzene rings is 1. The Kier molecular flexibility index (Phi) is 5.79. The fourth-order valence-corrected chi connectivity index (χ4v) is 1.57. The predicted molar refractivity (Wildman–Crippen MR) is 74.4 cm³/mol. The first kappa shape index (κ1) is 15.5. The van der Waals surface area contributed by atoms with Crippen molar-refractivity contribution >= 4 is 29.2 Å². The Morgan fingerprint density at radius 3 is 2.47 bits per heavy atom. The molecule has 2 N–H and O–H groups in total. The van der Waals surface area contributed by atoms with Crippen LogP contribution in [0, 0.1) is 0 Å². The van der Waals surface area contributed by atoms with E-state index in [0.29, 0.717) is 17.3 Å². The molecule has 1 amide bonds. The van der Waals surface area contributed by atoms with Crippen molar-refractivity contribution in [3.63, 3.8) is 0 Å². The number of nitrogens with one attached hydrogen (secondary N) is 1. The van der Waals surface area contributed by atoms with E-state index in [4.69, 9.17) is 16.7 Å². The zero-order valence-electron chi connectivity index (χ0n) is 10.9. The molecule has 0 saturated heterocycles. The van der Waals surface area contributed by atoms with E-state index in [1.165, 1.54) is 0 Å². The number of halogens is 1. The van der Waals surface area contributed by atoms with Gasteiger partial charge in [0.15, 0.2) is 0 Å². The highest BCUT2D eigenvalue weighted by Crippen LogP contribution is 2.14. The predicted octanol–water partition coefficient (Wildman–Crippen LogP) is 2.07. The molecule has 1 rings (SSSR count). The van der Waals surface area contributed by atoms with Crippen LogP contribution in [0.25, 0.3) is 0 Å². The number of rotatable bonds is 6. The molecule has 1 atom stereocenters. The van der Waals surface area contributed by atoms with Gasteiger partial charge in [0.05, 0.1) is 12.5 Å². The summed E-state index contributed by atoms with van der Waals surface area (Å²) in [6, 6.07) is 6.40. The van der Waals surface area contributed by atoms with Crippen molar-refractivity contribution < 1.29 is 14.7 Å². The molecule has 104 valence electrons. The highest BCUT2D eigenvalue weighted by molar-refractivity contribution is 6.30. The number of likely N-dealkylation sites (N-methyl/N-ethyl adjacent to an activating group) is 1. The summed E-state index contributed by atoms with van der Waals surface area (Å²) < 4.78 is 0. The molecule has 0 radical (unpaired) electrons. The number of hydrogen-bond donors (Lipinski definition) is 2. The molecule has 6 heteroatoms. The molecule has 0 aromatic heterocycles. The lowest BCUT2D eigenvalue weighted by atomic mass is 10.2. The minimum absolute atomic E-state index is 0.00899. The summed E-state index contributed by atoms with van der Waals surface area (Å²) in [6.07, 6.45) is 0.00899. The molecule has 0 bridgehead atoms. The first-order valence-electron chi connectivity index (χ1n) is 5.88. The topological polar surface area (TPSA) is 69.6 Å². The largest absolute Gasteiger partial charge is 0.481 e. The zero-order chi connectivity index (χ0) is 14.4. The van der Waals surface area contributed by atoms with Gasteiger partial charge in [-0.2, -0.15) is 0 Å². The van der Waals surface area contributed by atoms with Crippen LogP contribution in [-0.2, 0) is 9.59 Å². The SMILES string of the molecule is CC(C(=O)Nc1ccc(Cl)cc1)N(C)CCC(=O)O. The maximum absolute atomic E-state index is 12.0. The number of carbonyl (C=O) groups excluding carboxylic acids is 1. The van der Waals surface area contributed by atoms with Crippen molar-refractivity contribution in [1.29, 1.82) is 0 Å². The standard InChI is InChI=1S/C13H17ClN2O3/c1-9(16(2)8-7-12(17)18)13(19)15-11-5-3-10(14)4-6-11/h3-6,9H,7-8H2,1-2H3,(H,15,19)(H,17,18). The monoisotopic (exact) mass is 284 g/mol. The molecule has 1 unspecified atom stereocenters. The van der Waals surface area contributed by atoms with Crippen LogP contribution in [0.4, 0.5) is 5.69 Å². The van der Waals surface area contributed by atoms with E-state index in [2.05, 4.69) is 5.32 Å². The Morgan fingerprint density at radius 2 is 1.95 bits per heavy atom.